The van der Waals surface area contributed by atoms with Gasteiger partial charge < -0.3 is 10.6 Å². The van der Waals surface area contributed by atoms with Gasteiger partial charge in [0.05, 0.1) is 0 Å². The number of carbonyl (C=O) groups excluding carboxylic acids is 1. The highest BCUT2D eigenvalue weighted by molar-refractivity contribution is 7.80. The molecule has 0 fully saturated rings. The Kier molecular flexibility index (Phi) is 5.28. The molecule has 0 aliphatic carbocycles. The van der Waals surface area contributed by atoms with Crippen molar-refractivity contribution in [1.82, 2.24) is 0 Å². The SMILES string of the molecule is CC(=O)c1ccc(NC(=S)Nc2ccc(C(C)C)cc2)cc1. The molecule has 0 spiro atoms. The number of Topliss-reactive ketones (excluding diaryl/α,β-unsaturated/α-hetero) is 1. The van der Waals surface area contributed by atoms with Gasteiger partial charge in [-0.3, -0.25) is 4.79 Å². The molecule has 2 rings (SSSR count). The predicted molar refractivity (Wildman–Crippen MR) is 96.8 cm³/mol. The Bertz CT molecular complexity index is 660. The Hall–Kier alpha value is -2.20. The Morgan fingerprint density at radius 2 is 1.36 bits per heavy atom. The number of hydrogen-bond donors (Lipinski definition) is 2. The van der Waals surface area contributed by atoms with Gasteiger partial charge in [-0.1, -0.05) is 26.0 Å². The minimum atomic E-state index is 0.0532. The van der Waals surface area contributed by atoms with Crippen LogP contribution in [0, 0.1) is 0 Å². The van der Waals surface area contributed by atoms with Crippen molar-refractivity contribution < 1.29 is 4.79 Å². The molecule has 2 N–H and O–H groups in total. The molecule has 0 saturated heterocycles. The summed E-state index contributed by atoms with van der Waals surface area (Å²) in [4.78, 5) is 11.2. The lowest BCUT2D eigenvalue weighted by Crippen LogP contribution is -2.19. The fourth-order valence-electron chi connectivity index (χ4n) is 2.03. The zero-order chi connectivity index (χ0) is 16.1. The first-order valence-corrected chi connectivity index (χ1v) is 7.65. The highest BCUT2D eigenvalue weighted by Crippen LogP contribution is 2.17. The molecule has 0 aliphatic heterocycles. The smallest absolute Gasteiger partial charge is 0.175 e. The third-order valence-corrected chi connectivity index (χ3v) is 3.59. The minimum Gasteiger partial charge on any atom is -0.332 e. The number of hydrogen-bond acceptors (Lipinski definition) is 2. The van der Waals surface area contributed by atoms with Gasteiger partial charge >= 0.3 is 0 Å². The summed E-state index contributed by atoms with van der Waals surface area (Å²) in [5.74, 6) is 0.566. The first-order chi connectivity index (χ1) is 10.5. The van der Waals surface area contributed by atoms with Crippen LogP contribution >= 0.6 is 12.2 Å². The second-order valence-electron chi connectivity index (χ2n) is 5.49. The van der Waals surface area contributed by atoms with Gasteiger partial charge in [-0.25, -0.2) is 0 Å². The van der Waals surface area contributed by atoms with Gasteiger partial charge in [0.25, 0.3) is 0 Å². The maximum absolute atomic E-state index is 11.2. The van der Waals surface area contributed by atoms with Crippen LogP contribution in [0.5, 0.6) is 0 Å². The molecule has 0 amide bonds. The van der Waals surface area contributed by atoms with Crippen LogP contribution in [-0.2, 0) is 0 Å². The van der Waals surface area contributed by atoms with E-state index in [0.29, 0.717) is 16.6 Å². The highest BCUT2D eigenvalue weighted by Gasteiger charge is 2.03. The lowest BCUT2D eigenvalue weighted by Gasteiger charge is -2.12. The molecule has 114 valence electrons. The second-order valence-corrected chi connectivity index (χ2v) is 5.90. The van der Waals surface area contributed by atoms with Crippen LogP contribution in [0.25, 0.3) is 0 Å². The van der Waals surface area contributed by atoms with E-state index in [1.54, 1.807) is 19.1 Å². The molecule has 0 heterocycles. The van der Waals surface area contributed by atoms with Crippen LogP contribution in [0.2, 0.25) is 0 Å². The molecular formula is C18H20N2OS. The zero-order valence-electron chi connectivity index (χ0n) is 13.0. The van der Waals surface area contributed by atoms with Crippen LogP contribution in [0.1, 0.15) is 42.6 Å². The van der Waals surface area contributed by atoms with E-state index in [1.165, 1.54) is 5.56 Å². The molecule has 0 unspecified atom stereocenters. The fraction of sp³-hybridized carbons (Fsp3) is 0.222. The minimum absolute atomic E-state index is 0.0532. The molecule has 0 aromatic heterocycles. The van der Waals surface area contributed by atoms with Crippen LogP contribution in [-0.4, -0.2) is 10.9 Å². The Morgan fingerprint density at radius 3 is 1.77 bits per heavy atom. The molecular weight excluding hydrogens is 292 g/mol. The quantitative estimate of drug-likeness (QED) is 0.627. The molecule has 22 heavy (non-hydrogen) atoms. The van der Waals surface area contributed by atoms with Crippen molar-refractivity contribution >= 4 is 34.5 Å². The highest BCUT2D eigenvalue weighted by atomic mass is 32.1. The maximum Gasteiger partial charge on any atom is 0.175 e. The Morgan fingerprint density at radius 1 is 0.909 bits per heavy atom. The number of benzene rings is 2. The number of carbonyl (C=O) groups is 1. The summed E-state index contributed by atoms with van der Waals surface area (Å²) in [6.07, 6.45) is 0. The Labute approximate surface area is 136 Å². The van der Waals surface area contributed by atoms with E-state index in [9.17, 15) is 4.79 Å². The van der Waals surface area contributed by atoms with E-state index in [0.717, 1.165) is 11.4 Å². The van der Waals surface area contributed by atoms with E-state index in [2.05, 4.69) is 36.6 Å². The first kappa shape index (κ1) is 16.2. The second kappa shape index (κ2) is 7.18. The van der Waals surface area contributed by atoms with Crippen molar-refractivity contribution in [2.45, 2.75) is 26.7 Å². The summed E-state index contributed by atoms with van der Waals surface area (Å²) in [6, 6.07) is 15.5. The van der Waals surface area contributed by atoms with Crippen molar-refractivity contribution in [3.63, 3.8) is 0 Å². The summed E-state index contributed by atoms with van der Waals surface area (Å²) in [5.41, 5.74) is 3.78. The number of ketones is 1. The van der Waals surface area contributed by atoms with Gasteiger partial charge in [-0.05, 0) is 67.0 Å². The Balaban J connectivity index is 1.96. The van der Waals surface area contributed by atoms with Crippen molar-refractivity contribution in [3.05, 3.63) is 59.7 Å². The third-order valence-electron chi connectivity index (χ3n) is 3.38. The normalized spacial score (nSPS) is 10.4. The number of nitrogens with one attached hydrogen (secondary N) is 2. The number of rotatable bonds is 4. The topological polar surface area (TPSA) is 41.1 Å². The van der Waals surface area contributed by atoms with Gasteiger partial charge in [-0.15, -0.1) is 0 Å². The predicted octanol–water partition coefficient (Wildman–Crippen LogP) is 4.82. The van der Waals surface area contributed by atoms with E-state index in [-0.39, 0.29) is 5.78 Å². The third kappa shape index (κ3) is 4.40. The van der Waals surface area contributed by atoms with E-state index < -0.39 is 0 Å². The molecule has 0 saturated carbocycles. The molecule has 2 aromatic rings. The van der Waals surface area contributed by atoms with Gasteiger partial charge in [0, 0.05) is 16.9 Å². The molecule has 4 heteroatoms. The van der Waals surface area contributed by atoms with E-state index >= 15 is 0 Å². The van der Waals surface area contributed by atoms with Gasteiger partial charge in [0.2, 0.25) is 0 Å². The van der Waals surface area contributed by atoms with Crippen molar-refractivity contribution in [2.75, 3.05) is 10.6 Å². The molecule has 3 nitrogen and oxygen atoms in total. The zero-order valence-corrected chi connectivity index (χ0v) is 13.8. The van der Waals surface area contributed by atoms with Crippen LogP contribution in [0.4, 0.5) is 11.4 Å². The van der Waals surface area contributed by atoms with Crippen LogP contribution < -0.4 is 10.6 Å². The van der Waals surface area contributed by atoms with Crippen LogP contribution in [0.15, 0.2) is 48.5 Å². The molecule has 2 aromatic carbocycles. The average Bonchev–Trinajstić information content (AvgIpc) is 2.48. The summed E-state index contributed by atoms with van der Waals surface area (Å²) < 4.78 is 0. The van der Waals surface area contributed by atoms with Crippen molar-refractivity contribution in [3.8, 4) is 0 Å². The summed E-state index contributed by atoms with van der Waals surface area (Å²) >= 11 is 5.30. The van der Waals surface area contributed by atoms with Crippen molar-refractivity contribution in [1.29, 1.82) is 0 Å². The lowest BCUT2D eigenvalue weighted by atomic mass is 10.0. The summed E-state index contributed by atoms with van der Waals surface area (Å²) in [5, 5.41) is 6.77. The van der Waals surface area contributed by atoms with Gasteiger partial charge in [0.1, 0.15) is 0 Å². The first-order valence-electron chi connectivity index (χ1n) is 7.24. The molecule has 0 aliphatic rings. The monoisotopic (exact) mass is 312 g/mol. The standard InChI is InChI=1S/C18H20N2OS/c1-12(2)14-4-8-16(9-5-14)19-18(22)20-17-10-6-15(7-11-17)13(3)21/h4-12H,1-3H3,(H2,19,20,22). The van der Waals surface area contributed by atoms with E-state index in [1.807, 2.05) is 24.3 Å². The van der Waals surface area contributed by atoms with Crippen LogP contribution in [0.3, 0.4) is 0 Å². The van der Waals surface area contributed by atoms with Gasteiger partial charge in [-0.2, -0.15) is 0 Å². The largest absolute Gasteiger partial charge is 0.332 e. The number of thiocarbonyl (C=S) groups is 1. The fourth-order valence-corrected chi connectivity index (χ4v) is 2.27. The average molecular weight is 312 g/mol. The lowest BCUT2D eigenvalue weighted by molar-refractivity contribution is 0.101. The van der Waals surface area contributed by atoms with Crippen molar-refractivity contribution in [2.24, 2.45) is 0 Å². The maximum atomic E-state index is 11.2. The molecule has 0 bridgehead atoms. The van der Waals surface area contributed by atoms with E-state index in [4.69, 9.17) is 12.2 Å². The molecule has 0 radical (unpaired) electrons. The van der Waals surface area contributed by atoms with Gasteiger partial charge in [0.15, 0.2) is 10.9 Å². The molecule has 0 atom stereocenters. The summed E-state index contributed by atoms with van der Waals surface area (Å²) in [6.45, 7) is 5.88. The summed E-state index contributed by atoms with van der Waals surface area (Å²) in [7, 11) is 0. The number of anilines is 2.